The van der Waals surface area contributed by atoms with Gasteiger partial charge in [-0.1, -0.05) is 44.3 Å². The van der Waals surface area contributed by atoms with E-state index in [9.17, 15) is 0 Å². The molecule has 5 heterocycles. The summed E-state index contributed by atoms with van der Waals surface area (Å²) in [6.07, 6.45) is 5.53. The van der Waals surface area contributed by atoms with Gasteiger partial charge in [0.2, 0.25) is 0 Å². The van der Waals surface area contributed by atoms with Crippen molar-refractivity contribution < 1.29 is 0 Å². The molecule has 0 amide bonds. The van der Waals surface area contributed by atoms with Crippen LogP contribution in [0.3, 0.4) is 0 Å². The summed E-state index contributed by atoms with van der Waals surface area (Å²) >= 11 is 0. The van der Waals surface area contributed by atoms with Crippen LogP contribution in [0.2, 0.25) is 0 Å². The molecule has 4 atom stereocenters. The van der Waals surface area contributed by atoms with Gasteiger partial charge in [-0.15, -0.1) is 0 Å². The predicted octanol–water partition coefficient (Wildman–Crippen LogP) is 3.37. The lowest BCUT2D eigenvalue weighted by molar-refractivity contribution is 0.220. The Morgan fingerprint density at radius 1 is 1.11 bits per heavy atom. The molecule has 2 N–H and O–H groups in total. The third kappa shape index (κ3) is 4.85. The van der Waals surface area contributed by atoms with Gasteiger partial charge in [-0.05, 0) is 41.7 Å². The number of aryl methyl sites for hydroxylation is 1. The lowest BCUT2D eigenvalue weighted by atomic mass is 9.95. The Bertz CT molecular complexity index is 1110. The van der Waals surface area contributed by atoms with E-state index < -0.39 is 0 Å². The number of hydrogen-bond donors (Lipinski definition) is 2. The van der Waals surface area contributed by atoms with Crippen LogP contribution >= 0.6 is 0 Å². The van der Waals surface area contributed by atoms with Crippen LogP contribution in [0.4, 0.5) is 0 Å². The van der Waals surface area contributed by atoms with Gasteiger partial charge in [0.05, 0.1) is 5.70 Å². The summed E-state index contributed by atoms with van der Waals surface area (Å²) < 4.78 is 2.36. The molecular formula is C30H42N6. The molecule has 0 bridgehead atoms. The molecule has 6 nitrogen and oxygen atoms in total. The lowest BCUT2D eigenvalue weighted by Gasteiger charge is -2.32. The smallest absolute Gasteiger partial charge is 0.109 e. The zero-order valence-corrected chi connectivity index (χ0v) is 21.9. The standard InChI is InChI=1S/C30H42N6/c1-21(15-34-11-10-24-6-4-5-7-26(24)16-34)12-32-22(2)29-20-36-17-25(8-9-30(36)33-29)23(3)35-18-27-13-31-14-28(27)19-35/h4-7,20-21,25,27-28,31-32H,2-3,8-19H2,1H3. The number of imidazole rings is 1. The molecule has 6 heteroatoms. The first-order valence-corrected chi connectivity index (χ1v) is 14.0. The number of fused-ring (bicyclic) bond motifs is 3. The Morgan fingerprint density at radius 2 is 1.89 bits per heavy atom. The molecule has 192 valence electrons. The minimum absolute atomic E-state index is 0.516. The van der Waals surface area contributed by atoms with Gasteiger partial charge >= 0.3 is 0 Å². The van der Waals surface area contributed by atoms with Crippen molar-refractivity contribution in [3.8, 4) is 0 Å². The topological polar surface area (TPSA) is 48.4 Å². The first-order valence-electron chi connectivity index (χ1n) is 14.0. The van der Waals surface area contributed by atoms with Crippen LogP contribution in [0.5, 0.6) is 0 Å². The average molecular weight is 487 g/mol. The number of nitrogens with zero attached hydrogens (tertiary/aromatic N) is 4. The average Bonchev–Trinajstić information content (AvgIpc) is 3.61. The number of allylic oxidation sites excluding steroid dienone is 1. The normalized spacial score (nSPS) is 26.2. The third-order valence-corrected chi connectivity index (χ3v) is 9.01. The van der Waals surface area contributed by atoms with E-state index in [-0.39, 0.29) is 0 Å². The van der Waals surface area contributed by atoms with E-state index in [0.29, 0.717) is 11.8 Å². The fourth-order valence-electron chi connectivity index (χ4n) is 6.81. The van der Waals surface area contributed by atoms with Crippen LogP contribution in [0.25, 0.3) is 5.70 Å². The first-order chi connectivity index (χ1) is 17.5. The number of benzene rings is 1. The van der Waals surface area contributed by atoms with Crippen LogP contribution in [0.1, 0.15) is 36.0 Å². The second-order valence-corrected chi connectivity index (χ2v) is 11.7. The highest BCUT2D eigenvalue weighted by Crippen LogP contribution is 2.34. The van der Waals surface area contributed by atoms with E-state index in [0.717, 1.165) is 75.2 Å². The molecule has 2 saturated heterocycles. The number of rotatable bonds is 8. The van der Waals surface area contributed by atoms with E-state index in [2.05, 4.69) is 75.5 Å². The monoisotopic (exact) mass is 486 g/mol. The molecule has 4 unspecified atom stereocenters. The van der Waals surface area contributed by atoms with Crippen LogP contribution in [0, 0.1) is 23.7 Å². The van der Waals surface area contributed by atoms with Crippen molar-refractivity contribution in [2.45, 2.75) is 39.3 Å². The molecule has 2 aromatic rings. The Morgan fingerprint density at radius 3 is 2.69 bits per heavy atom. The van der Waals surface area contributed by atoms with Crippen molar-refractivity contribution in [3.63, 3.8) is 0 Å². The van der Waals surface area contributed by atoms with E-state index in [1.165, 1.54) is 48.8 Å². The zero-order chi connectivity index (χ0) is 24.6. The highest BCUT2D eigenvalue weighted by molar-refractivity contribution is 5.57. The molecule has 1 aromatic heterocycles. The SMILES string of the molecule is C=C(NCC(C)CN1CCc2ccccc2C1)c1cn2c(n1)CCC(C(=C)N1CC3CNCC3C1)C2. The van der Waals surface area contributed by atoms with Gasteiger partial charge in [0.15, 0.2) is 0 Å². The van der Waals surface area contributed by atoms with Crippen molar-refractivity contribution in [1.82, 2.24) is 30.0 Å². The minimum atomic E-state index is 0.516. The minimum Gasteiger partial charge on any atom is -0.383 e. The number of aromatic nitrogens is 2. The van der Waals surface area contributed by atoms with E-state index in [1.54, 1.807) is 0 Å². The largest absolute Gasteiger partial charge is 0.383 e. The van der Waals surface area contributed by atoms with Gasteiger partial charge < -0.3 is 20.1 Å². The van der Waals surface area contributed by atoms with Crippen molar-refractivity contribution in [2.75, 3.05) is 45.8 Å². The van der Waals surface area contributed by atoms with Gasteiger partial charge in [0.25, 0.3) is 0 Å². The molecule has 0 saturated carbocycles. The van der Waals surface area contributed by atoms with Crippen molar-refractivity contribution in [3.05, 3.63) is 72.0 Å². The summed E-state index contributed by atoms with van der Waals surface area (Å²) in [6, 6.07) is 8.88. The van der Waals surface area contributed by atoms with Crippen LogP contribution < -0.4 is 10.6 Å². The highest BCUT2D eigenvalue weighted by atomic mass is 15.2. The number of nitrogens with one attached hydrogen (secondary N) is 2. The summed E-state index contributed by atoms with van der Waals surface area (Å²) in [5, 5.41) is 7.13. The summed E-state index contributed by atoms with van der Waals surface area (Å²) in [7, 11) is 0. The van der Waals surface area contributed by atoms with Gasteiger partial charge in [0, 0.05) is 83.1 Å². The van der Waals surface area contributed by atoms with Crippen LogP contribution in [-0.2, 0) is 25.9 Å². The van der Waals surface area contributed by atoms with Crippen molar-refractivity contribution >= 4 is 5.70 Å². The fraction of sp³-hybridized carbons (Fsp3) is 0.567. The van der Waals surface area contributed by atoms with Gasteiger partial charge in [-0.25, -0.2) is 4.98 Å². The molecular weight excluding hydrogens is 444 g/mol. The Hall–Kier alpha value is -2.57. The van der Waals surface area contributed by atoms with E-state index in [1.807, 2.05) is 0 Å². The molecule has 4 aliphatic heterocycles. The molecule has 0 aliphatic carbocycles. The van der Waals surface area contributed by atoms with E-state index >= 15 is 0 Å². The maximum absolute atomic E-state index is 4.95. The number of likely N-dealkylation sites (tertiary alicyclic amines) is 1. The molecule has 4 aliphatic rings. The Balaban J connectivity index is 0.991. The second kappa shape index (κ2) is 10.1. The lowest BCUT2D eigenvalue weighted by Crippen LogP contribution is -2.36. The predicted molar refractivity (Wildman–Crippen MR) is 146 cm³/mol. The quantitative estimate of drug-likeness (QED) is 0.599. The Kier molecular flexibility index (Phi) is 6.65. The highest BCUT2D eigenvalue weighted by Gasteiger charge is 2.38. The van der Waals surface area contributed by atoms with E-state index in [4.69, 9.17) is 4.98 Å². The molecule has 2 fully saturated rings. The molecule has 0 radical (unpaired) electrons. The summed E-state index contributed by atoms with van der Waals surface area (Å²) in [6.45, 7) is 21.2. The maximum Gasteiger partial charge on any atom is 0.109 e. The second-order valence-electron chi connectivity index (χ2n) is 11.7. The summed E-state index contributed by atoms with van der Waals surface area (Å²) in [4.78, 5) is 10.1. The van der Waals surface area contributed by atoms with Gasteiger partial charge in [-0.2, -0.15) is 0 Å². The van der Waals surface area contributed by atoms with Gasteiger partial charge in [-0.3, -0.25) is 4.90 Å². The zero-order valence-electron chi connectivity index (χ0n) is 21.9. The van der Waals surface area contributed by atoms with Gasteiger partial charge in [0.1, 0.15) is 11.5 Å². The molecule has 1 aromatic carbocycles. The fourth-order valence-corrected chi connectivity index (χ4v) is 6.81. The Labute approximate surface area is 216 Å². The van der Waals surface area contributed by atoms with Crippen LogP contribution in [-0.4, -0.2) is 65.2 Å². The molecule has 0 spiro atoms. The van der Waals surface area contributed by atoms with Crippen molar-refractivity contribution in [2.24, 2.45) is 23.7 Å². The van der Waals surface area contributed by atoms with Crippen molar-refractivity contribution in [1.29, 1.82) is 0 Å². The number of hydrogen-bond acceptors (Lipinski definition) is 5. The molecule has 6 rings (SSSR count). The summed E-state index contributed by atoms with van der Waals surface area (Å²) in [5.74, 6) is 3.88. The molecule has 36 heavy (non-hydrogen) atoms. The van der Waals surface area contributed by atoms with Crippen LogP contribution in [0.15, 0.2) is 49.3 Å². The summed E-state index contributed by atoms with van der Waals surface area (Å²) in [5.41, 5.74) is 6.29. The first kappa shape index (κ1) is 23.8. The third-order valence-electron chi connectivity index (χ3n) is 9.01. The maximum atomic E-state index is 4.95.